The van der Waals surface area contributed by atoms with Gasteiger partial charge in [-0.2, -0.15) is 4.31 Å². The SMILES string of the molecule is CC1OCCN(S(=O)(=O)CCO)C1C. The van der Waals surface area contributed by atoms with Gasteiger partial charge in [0.2, 0.25) is 10.0 Å². The summed E-state index contributed by atoms with van der Waals surface area (Å²) in [5.41, 5.74) is 0. The van der Waals surface area contributed by atoms with Gasteiger partial charge in [0.05, 0.1) is 25.1 Å². The molecule has 2 atom stereocenters. The fourth-order valence-corrected chi connectivity index (χ4v) is 3.03. The van der Waals surface area contributed by atoms with E-state index in [4.69, 9.17) is 9.84 Å². The van der Waals surface area contributed by atoms with Crippen LogP contribution >= 0.6 is 0 Å². The molecule has 1 aliphatic heterocycles. The molecule has 0 aliphatic carbocycles. The Kier molecular flexibility index (Phi) is 3.88. The van der Waals surface area contributed by atoms with Gasteiger partial charge in [0, 0.05) is 12.6 Å². The van der Waals surface area contributed by atoms with Crippen molar-refractivity contribution >= 4 is 10.0 Å². The predicted molar refractivity (Wildman–Crippen MR) is 52.5 cm³/mol. The zero-order chi connectivity index (χ0) is 10.8. The van der Waals surface area contributed by atoms with Crippen LogP contribution in [0, 0.1) is 0 Å². The molecule has 2 unspecified atom stereocenters. The lowest BCUT2D eigenvalue weighted by Crippen LogP contribution is -2.52. The second-order valence-corrected chi connectivity index (χ2v) is 5.51. The third kappa shape index (κ3) is 2.44. The van der Waals surface area contributed by atoms with Crippen LogP contribution in [-0.2, 0) is 14.8 Å². The van der Waals surface area contributed by atoms with Crippen LogP contribution in [-0.4, -0.2) is 55.5 Å². The molecule has 0 aromatic carbocycles. The van der Waals surface area contributed by atoms with Gasteiger partial charge < -0.3 is 9.84 Å². The maximum Gasteiger partial charge on any atom is 0.216 e. The van der Waals surface area contributed by atoms with E-state index in [1.165, 1.54) is 4.31 Å². The fourth-order valence-electron chi connectivity index (χ4n) is 1.53. The number of aliphatic hydroxyl groups excluding tert-OH is 1. The summed E-state index contributed by atoms with van der Waals surface area (Å²) in [7, 11) is -3.31. The lowest BCUT2D eigenvalue weighted by atomic mass is 10.2. The van der Waals surface area contributed by atoms with Gasteiger partial charge >= 0.3 is 0 Å². The molecule has 6 heteroatoms. The highest BCUT2D eigenvalue weighted by atomic mass is 32.2. The number of ether oxygens (including phenoxy) is 1. The largest absolute Gasteiger partial charge is 0.395 e. The number of nitrogens with zero attached hydrogens (tertiary/aromatic N) is 1. The summed E-state index contributed by atoms with van der Waals surface area (Å²) >= 11 is 0. The van der Waals surface area contributed by atoms with Crippen LogP contribution in [0.4, 0.5) is 0 Å². The van der Waals surface area contributed by atoms with Gasteiger partial charge in [-0.1, -0.05) is 0 Å². The third-order valence-electron chi connectivity index (χ3n) is 2.53. The average molecular weight is 223 g/mol. The van der Waals surface area contributed by atoms with Crippen LogP contribution in [0.15, 0.2) is 0 Å². The highest BCUT2D eigenvalue weighted by Crippen LogP contribution is 2.17. The number of morpholine rings is 1. The van der Waals surface area contributed by atoms with E-state index in [0.29, 0.717) is 13.2 Å². The van der Waals surface area contributed by atoms with Gasteiger partial charge in [0.15, 0.2) is 0 Å². The quantitative estimate of drug-likeness (QED) is 0.695. The summed E-state index contributed by atoms with van der Waals surface area (Å²) in [5.74, 6) is -0.204. The summed E-state index contributed by atoms with van der Waals surface area (Å²) in [6.07, 6.45) is -0.0859. The predicted octanol–water partition coefficient (Wildman–Crippen LogP) is -0.582. The molecule has 0 saturated carbocycles. The van der Waals surface area contributed by atoms with E-state index in [1.54, 1.807) is 0 Å². The van der Waals surface area contributed by atoms with Crippen LogP contribution < -0.4 is 0 Å². The summed E-state index contributed by atoms with van der Waals surface area (Å²) in [6.45, 7) is 4.15. The number of sulfonamides is 1. The van der Waals surface area contributed by atoms with Crippen molar-refractivity contribution in [3.05, 3.63) is 0 Å². The Hall–Kier alpha value is -0.170. The molecule has 0 radical (unpaired) electrons. The van der Waals surface area contributed by atoms with Gasteiger partial charge in [-0.15, -0.1) is 0 Å². The van der Waals surface area contributed by atoms with Crippen molar-refractivity contribution in [2.24, 2.45) is 0 Å². The molecule has 0 amide bonds. The molecule has 0 spiro atoms. The Morgan fingerprint density at radius 1 is 1.50 bits per heavy atom. The van der Waals surface area contributed by atoms with Crippen LogP contribution in [0.1, 0.15) is 13.8 Å². The Bertz CT molecular complexity index is 277. The van der Waals surface area contributed by atoms with Crippen molar-refractivity contribution in [1.29, 1.82) is 0 Å². The molecule has 1 N–H and O–H groups in total. The van der Waals surface area contributed by atoms with E-state index in [9.17, 15) is 8.42 Å². The first kappa shape index (κ1) is 11.9. The van der Waals surface area contributed by atoms with Crippen molar-refractivity contribution in [1.82, 2.24) is 4.31 Å². The van der Waals surface area contributed by atoms with Gasteiger partial charge in [0.1, 0.15) is 0 Å². The van der Waals surface area contributed by atoms with E-state index in [2.05, 4.69) is 0 Å². The van der Waals surface area contributed by atoms with Crippen LogP contribution in [0.2, 0.25) is 0 Å². The molecule has 1 rings (SSSR count). The smallest absolute Gasteiger partial charge is 0.216 e. The number of hydrogen-bond donors (Lipinski definition) is 1. The standard InChI is InChI=1S/C8H17NO4S/c1-7-8(2)13-5-3-9(7)14(11,12)6-4-10/h7-8,10H,3-6H2,1-2H3. The first-order chi connectivity index (χ1) is 6.49. The molecule has 14 heavy (non-hydrogen) atoms. The van der Waals surface area contributed by atoms with Crippen molar-refractivity contribution < 1.29 is 18.3 Å². The molecular weight excluding hydrogens is 206 g/mol. The lowest BCUT2D eigenvalue weighted by Gasteiger charge is -2.36. The average Bonchev–Trinajstić information content (AvgIpc) is 2.09. The van der Waals surface area contributed by atoms with Gasteiger partial charge in [-0.25, -0.2) is 8.42 Å². The Labute approximate surface area is 84.7 Å². The van der Waals surface area contributed by atoms with Gasteiger partial charge in [0.25, 0.3) is 0 Å². The van der Waals surface area contributed by atoms with E-state index >= 15 is 0 Å². The minimum absolute atomic E-state index is 0.0859. The molecule has 84 valence electrons. The summed E-state index contributed by atoms with van der Waals surface area (Å²) in [6, 6.07) is -0.153. The molecule has 0 bridgehead atoms. The Morgan fingerprint density at radius 2 is 2.14 bits per heavy atom. The summed E-state index contributed by atoms with van der Waals surface area (Å²) < 4.78 is 30.0. The van der Waals surface area contributed by atoms with Crippen LogP contribution in [0.25, 0.3) is 0 Å². The minimum atomic E-state index is -3.31. The van der Waals surface area contributed by atoms with Crippen LogP contribution in [0.3, 0.4) is 0 Å². The molecule has 1 heterocycles. The molecule has 5 nitrogen and oxygen atoms in total. The number of hydrogen-bond acceptors (Lipinski definition) is 4. The third-order valence-corrected chi connectivity index (χ3v) is 4.46. The highest BCUT2D eigenvalue weighted by Gasteiger charge is 2.33. The van der Waals surface area contributed by atoms with Gasteiger partial charge in [-0.3, -0.25) is 0 Å². The zero-order valence-electron chi connectivity index (χ0n) is 8.51. The van der Waals surface area contributed by atoms with E-state index in [0.717, 1.165) is 0 Å². The topological polar surface area (TPSA) is 66.8 Å². The van der Waals surface area contributed by atoms with E-state index in [1.807, 2.05) is 13.8 Å². The zero-order valence-corrected chi connectivity index (χ0v) is 9.33. The first-order valence-electron chi connectivity index (χ1n) is 4.71. The summed E-state index contributed by atoms with van der Waals surface area (Å²) in [4.78, 5) is 0. The molecular formula is C8H17NO4S. The highest BCUT2D eigenvalue weighted by molar-refractivity contribution is 7.89. The minimum Gasteiger partial charge on any atom is -0.395 e. The van der Waals surface area contributed by atoms with Crippen LogP contribution in [0.5, 0.6) is 0 Å². The molecule has 0 aromatic heterocycles. The maximum absolute atomic E-state index is 11.7. The van der Waals surface area contributed by atoms with Crippen molar-refractivity contribution in [3.63, 3.8) is 0 Å². The summed E-state index contributed by atoms with van der Waals surface area (Å²) in [5, 5.41) is 8.65. The number of rotatable bonds is 3. The molecule has 0 aromatic rings. The lowest BCUT2D eigenvalue weighted by molar-refractivity contribution is -0.0232. The second kappa shape index (κ2) is 4.57. The Balaban J connectivity index is 2.76. The number of aliphatic hydroxyl groups is 1. The van der Waals surface area contributed by atoms with Crippen molar-refractivity contribution in [3.8, 4) is 0 Å². The van der Waals surface area contributed by atoms with Gasteiger partial charge in [-0.05, 0) is 13.8 Å². The Morgan fingerprint density at radius 3 is 2.71 bits per heavy atom. The fraction of sp³-hybridized carbons (Fsp3) is 1.00. The maximum atomic E-state index is 11.7. The van der Waals surface area contributed by atoms with Crippen molar-refractivity contribution in [2.75, 3.05) is 25.5 Å². The first-order valence-corrected chi connectivity index (χ1v) is 6.32. The van der Waals surface area contributed by atoms with E-state index in [-0.39, 0.29) is 24.5 Å². The monoisotopic (exact) mass is 223 g/mol. The molecule has 1 saturated heterocycles. The molecule has 1 fully saturated rings. The van der Waals surface area contributed by atoms with Crippen molar-refractivity contribution in [2.45, 2.75) is 26.0 Å². The molecule has 1 aliphatic rings. The normalized spacial score (nSPS) is 30.5. The second-order valence-electron chi connectivity index (χ2n) is 3.47. The van der Waals surface area contributed by atoms with E-state index < -0.39 is 10.0 Å².